The third kappa shape index (κ3) is 6.55. The summed E-state index contributed by atoms with van der Waals surface area (Å²) in [6, 6.07) is 13.9. The van der Waals surface area contributed by atoms with E-state index in [2.05, 4.69) is 9.97 Å². The highest BCUT2D eigenvalue weighted by Gasteiger charge is 2.27. The summed E-state index contributed by atoms with van der Waals surface area (Å²) in [5.74, 6) is -1.33. The van der Waals surface area contributed by atoms with Crippen LogP contribution in [-0.4, -0.2) is 29.5 Å². The molecular formula is C25H20Cl2N4O5S. The zero-order valence-electron chi connectivity index (χ0n) is 19.1. The van der Waals surface area contributed by atoms with Crippen LogP contribution in [0.3, 0.4) is 0 Å². The molecule has 37 heavy (non-hydrogen) atoms. The molecule has 0 amide bonds. The Hall–Kier alpha value is -3.70. The Morgan fingerprint density at radius 2 is 1.57 bits per heavy atom. The molecule has 4 rings (SSSR count). The van der Waals surface area contributed by atoms with E-state index in [0.717, 1.165) is 17.2 Å². The predicted octanol–water partition coefficient (Wildman–Crippen LogP) is 5.13. The topological polar surface area (TPSA) is 136 Å². The first kappa shape index (κ1) is 26.4. The van der Waals surface area contributed by atoms with Crippen LogP contribution in [0.15, 0.2) is 84.3 Å². The first-order valence-corrected chi connectivity index (χ1v) is 13.0. The number of nitrogens with two attached hydrogens (primary N) is 1. The second-order valence-corrected chi connectivity index (χ2v) is 10.3. The van der Waals surface area contributed by atoms with Crippen LogP contribution in [0.1, 0.15) is 21.5 Å². The Morgan fingerprint density at radius 1 is 0.946 bits per heavy atom. The minimum Gasteiger partial charge on any atom is -0.478 e. The van der Waals surface area contributed by atoms with Gasteiger partial charge >= 0.3 is 5.97 Å². The van der Waals surface area contributed by atoms with Gasteiger partial charge in [0.25, 0.3) is 0 Å². The summed E-state index contributed by atoms with van der Waals surface area (Å²) in [5, 5.41) is 15.7. The van der Waals surface area contributed by atoms with Crippen LogP contribution in [0.4, 0.5) is 5.69 Å². The van der Waals surface area contributed by atoms with Crippen molar-refractivity contribution in [1.82, 2.24) is 9.97 Å². The van der Waals surface area contributed by atoms with E-state index in [1.807, 2.05) is 12.1 Å². The molecule has 0 spiro atoms. The Bertz CT molecular complexity index is 1500. The SMILES string of the molecule is NS(=O)(=O)c1cc(C(=O)O)cc(N(Cc2cccnc2)Cc2cccnc2)c1Oc1ccc(Cl)c(Cl)c1. The fourth-order valence-corrected chi connectivity index (χ4v) is 4.55. The van der Waals surface area contributed by atoms with Gasteiger partial charge in [0.05, 0.1) is 21.3 Å². The van der Waals surface area contributed by atoms with Crippen LogP contribution < -0.4 is 14.8 Å². The van der Waals surface area contributed by atoms with E-state index in [4.69, 9.17) is 33.1 Å². The molecular weight excluding hydrogens is 539 g/mol. The second kappa shape index (κ2) is 11.1. The lowest BCUT2D eigenvalue weighted by Gasteiger charge is -2.28. The first-order valence-electron chi connectivity index (χ1n) is 10.7. The molecule has 0 saturated heterocycles. The number of ether oxygens (including phenoxy) is 1. The Balaban J connectivity index is 1.95. The average molecular weight is 559 g/mol. The van der Waals surface area contributed by atoms with Crippen LogP contribution >= 0.6 is 23.2 Å². The number of carboxylic acids is 1. The number of pyridine rings is 2. The molecule has 0 fully saturated rings. The number of halogens is 2. The van der Waals surface area contributed by atoms with Gasteiger partial charge in [0.1, 0.15) is 10.6 Å². The van der Waals surface area contributed by atoms with E-state index in [9.17, 15) is 18.3 Å². The minimum atomic E-state index is -4.43. The summed E-state index contributed by atoms with van der Waals surface area (Å²) in [6.07, 6.45) is 6.55. The molecule has 9 nitrogen and oxygen atoms in total. The number of anilines is 1. The third-order valence-electron chi connectivity index (χ3n) is 5.23. The van der Waals surface area contributed by atoms with Gasteiger partial charge < -0.3 is 14.7 Å². The van der Waals surface area contributed by atoms with Crippen LogP contribution in [0.5, 0.6) is 11.5 Å². The largest absolute Gasteiger partial charge is 0.478 e. The normalized spacial score (nSPS) is 11.2. The number of aromatic carboxylic acids is 1. The van der Waals surface area contributed by atoms with Gasteiger partial charge in [-0.05, 0) is 47.5 Å². The number of carboxylic acid groups (broad SMARTS) is 1. The number of hydrogen-bond donors (Lipinski definition) is 2. The van der Waals surface area contributed by atoms with Gasteiger partial charge in [-0.25, -0.2) is 18.4 Å². The highest BCUT2D eigenvalue weighted by molar-refractivity contribution is 7.89. The summed E-state index contributed by atoms with van der Waals surface area (Å²) in [6.45, 7) is 0.460. The van der Waals surface area contributed by atoms with Crippen molar-refractivity contribution in [3.05, 3.63) is 106 Å². The quantitative estimate of drug-likeness (QED) is 0.288. The monoisotopic (exact) mass is 558 g/mol. The van der Waals surface area contributed by atoms with Crippen LogP contribution in [0, 0.1) is 0 Å². The number of carbonyl (C=O) groups is 1. The molecule has 0 aliphatic carbocycles. The molecule has 12 heteroatoms. The second-order valence-electron chi connectivity index (χ2n) is 7.93. The molecule has 0 bridgehead atoms. The average Bonchev–Trinajstić information content (AvgIpc) is 2.86. The molecule has 3 N–H and O–H groups in total. The summed E-state index contributed by atoms with van der Waals surface area (Å²) < 4.78 is 31.3. The number of aromatic nitrogens is 2. The Labute approximate surface area is 223 Å². The van der Waals surface area contributed by atoms with E-state index < -0.39 is 20.9 Å². The van der Waals surface area contributed by atoms with Crippen molar-refractivity contribution in [1.29, 1.82) is 0 Å². The summed E-state index contributed by atoms with van der Waals surface area (Å²) in [5.41, 5.74) is 1.44. The molecule has 4 aromatic rings. The smallest absolute Gasteiger partial charge is 0.335 e. The molecule has 2 aromatic heterocycles. The van der Waals surface area contributed by atoms with Crippen LogP contribution in [0.25, 0.3) is 0 Å². The zero-order valence-corrected chi connectivity index (χ0v) is 21.4. The molecule has 0 unspecified atom stereocenters. The molecule has 0 atom stereocenters. The number of nitrogens with zero attached hydrogens (tertiary/aromatic N) is 3. The van der Waals surface area contributed by atoms with Crippen molar-refractivity contribution in [2.45, 2.75) is 18.0 Å². The van der Waals surface area contributed by atoms with Gasteiger partial charge in [-0.15, -0.1) is 0 Å². The maximum absolute atomic E-state index is 12.7. The van der Waals surface area contributed by atoms with Gasteiger partial charge in [0.2, 0.25) is 10.0 Å². The molecule has 190 valence electrons. The van der Waals surface area contributed by atoms with Gasteiger partial charge in [-0.2, -0.15) is 0 Å². The number of rotatable bonds is 9. The fraction of sp³-hybridized carbons (Fsp3) is 0.0800. The summed E-state index contributed by atoms with van der Waals surface area (Å²) in [7, 11) is -4.43. The Morgan fingerprint density at radius 3 is 2.05 bits per heavy atom. The molecule has 0 aliphatic rings. The van der Waals surface area contributed by atoms with Crippen molar-refractivity contribution < 1.29 is 23.1 Å². The van der Waals surface area contributed by atoms with Gasteiger partial charge in [0.15, 0.2) is 5.75 Å². The van der Waals surface area contributed by atoms with Gasteiger partial charge in [-0.1, -0.05) is 35.3 Å². The van der Waals surface area contributed by atoms with Crippen LogP contribution in [0.2, 0.25) is 10.0 Å². The fourth-order valence-electron chi connectivity index (χ4n) is 3.57. The maximum atomic E-state index is 12.7. The Kier molecular flexibility index (Phi) is 7.94. The summed E-state index contributed by atoms with van der Waals surface area (Å²) in [4.78, 5) is 21.5. The third-order valence-corrected chi connectivity index (χ3v) is 6.89. The summed E-state index contributed by atoms with van der Waals surface area (Å²) >= 11 is 12.2. The lowest BCUT2D eigenvalue weighted by atomic mass is 10.1. The predicted molar refractivity (Wildman–Crippen MR) is 140 cm³/mol. The van der Waals surface area contributed by atoms with Crippen molar-refractivity contribution in [3.63, 3.8) is 0 Å². The lowest BCUT2D eigenvalue weighted by molar-refractivity contribution is 0.0696. The standard InChI is InChI=1S/C25H20Cl2N4O5S/c26-20-6-5-19(11-21(20)27)36-24-22(9-18(25(32)33)10-23(24)37(28,34)35)31(14-16-3-1-7-29-12-16)15-17-4-2-8-30-13-17/h1-13H,14-15H2,(H,32,33)(H2,28,34,35). The molecule has 2 aromatic carbocycles. The van der Waals surface area contributed by atoms with Crippen LogP contribution in [-0.2, 0) is 23.1 Å². The zero-order chi connectivity index (χ0) is 26.6. The van der Waals surface area contributed by atoms with E-state index >= 15 is 0 Å². The van der Waals surface area contributed by atoms with Crippen molar-refractivity contribution >= 4 is 44.9 Å². The number of hydrogen-bond acceptors (Lipinski definition) is 7. The molecule has 2 heterocycles. The minimum absolute atomic E-state index is 0.168. The van der Waals surface area contributed by atoms with E-state index in [1.165, 1.54) is 24.3 Å². The number of benzene rings is 2. The number of sulfonamides is 1. The highest BCUT2D eigenvalue weighted by atomic mass is 35.5. The highest BCUT2D eigenvalue weighted by Crippen LogP contribution is 2.41. The van der Waals surface area contributed by atoms with Gasteiger partial charge in [0, 0.05) is 43.9 Å². The maximum Gasteiger partial charge on any atom is 0.335 e. The molecule has 0 saturated carbocycles. The lowest BCUT2D eigenvalue weighted by Crippen LogP contribution is -2.25. The first-order chi connectivity index (χ1) is 17.6. The van der Waals surface area contributed by atoms with E-state index in [0.29, 0.717) is 0 Å². The molecule has 0 aliphatic heterocycles. The van der Waals surface area contributed by atoms with Crippen molar-refractivity contribution in [2.75, 3.05) is 4.90 Å². The molecule has 0 radical (unpaired) electrons. The number of primary sulfonamides is 1. The van der Waals surface area contributed by atoms with Crippen molar-refractivity contribution in [3.8, 4) is 11.5 Å². The van der Waals surface area contributed by atoms with Crippen molar-refractivity contribution in [2.24, 2.45) is 5.14 Å². The van der Waals surface area contributed by atoms with E-state index in [1.54, 1.807) is 41.8 Å². The van der Waals surface area contributed by atoms with E-state index in [-0.39, 0.29) is 45.9 Å². The van der Waals surface area contributed by atoms with Gasteiger partial charge in [-0.3, -0.25) is 9.97 Å².